The zero-order valence-corrected chi connectivity index (χ0v) is 16.6. The maximum Gasteiger partial charge on any atom is 0.573 e. The Morgan fingerprint density at radius 3 is 2.16 bits per heavy atom. The molecule has 0 atom stereocenters. The molecule has 1 amide bonds. The van der Waals surface area contributed by atoms with Crippen LogP contribution in [0.5, 0.6) is 5.75 Å². The minimum atomic E-state index is -4.84. The highest BCUT2D eigenvalue weighted by Crippen LogP contribution is 2.30. The van der Waals surface area contributed by atoms with Crippen LogP contribution in [0.4, 0.5) is 32.0 Å². The summed E-state index contributed by atoms with van der Waals surface area (Å²) in [6.07, 6.45) is -7.46. The molecule has 0 aliphatic rings. The molecule has 1 aromatic carbocycles. The van der Waals surface area contributed by atoms with Crippen LogP contribution in [0, 0.1) is 0 Å². The van der Waals surface area contributed by atoms with Crippen molar-refractivity contribution in [2.24, 2.45) is 0 Å². The molecule has 0 spiro atoms. The average Bonchev–Trinajstić information content (AvgIpc) is 3.13. The summed E-state index contributed by atoms with van der Waals surface area (Å²) in [5.41, 5.74) is -0.181. The fourth-order valence-corrected chi connectivity index (χ4v) is 2.89. The molecule has 0 unspecified atom stereocenters. The van der Waals surface area contributed by atoms with Crippen molar-refractivity contribution in [2.75, 3.05) is 5.32 Å². The molecule has 6 nitrogen and oxygen atoms in total. The second-order valence-electron chi connectivity index (χ2n) is 6.94. The summed E-state index contributed by atoms with van der Waals surface area (Å²) < 4.78 is 80.1. The van der Waals surface area contributed by atoms with E-state index in [1.54, 1.807) is 13.8 Å². The van der Waals surface area contributed by atoms with Gasteiger partial charge in [0.15, 0.2) is 5.82 Å². The Bertz CT molecular complexity index is 1090. The number of carbonyl (C=O) groups excluding carboxylic acids is 1. The van der Waals surface area contributed by atoms with Gasteiger partial charge < -0.3 is 10.1 Å². The van der Waals surface area contributed by atoms with E-state index in [4.69, 9.17) is 0 Å². The summed E-state index contributed by atoms with van der Waals surface area (Å²) >= 11 is 0. The van der Waals surface area contributed by atoms with Crippen molar-refractivity contribution in [3.63, 3.8) is 0 Å². The third-order valence-electron chi connectivity index (χ3n) is 4.24. The van der Waals surface area contributed by atoms with Gasteiger partial charge in [-0.05, 0) is 42.3 Å². The molecular weight excluding hydrogens is 442 g/mol. The smallest absolute Gasteiger partial charge is 0.406 e. The van der Waals surface area contributed by atoms with Crippen LogP contribution in [0.25, 0.3) is 5.82 Å². The molecule has 3 rings (SSSR count). The molecule has 0 saturated carbocycles. The molecule has 2 aromatic heterocycles. The van der Waals surface area contributed by atoms with Gasteiger partial charge >= 0.3 is 12.5 Å². The second kappa shape index (κ2) is 8.52. The lowest BCUT2D eigenvalue weighted by Gasteiger charge is -2.13. The molecule has 0 radical (unpaired) electrons. The summed E-state index contributed by atoms with van der Waals surface area (Å²) in [5.74, 6) is -1.21. The van der Waals surface area contributed by atoms with E-state index in [9.17, 15) is 31.1 Å². The molecular formula is C20H16F6N4O2. The number of amides is 1. The zero-order chi connectivity index (χ0) is 23.7. The Kier molecular flexibility index (Phi) is 6.15. The second-order valence-corrected chi connectivity index (χ2v) is 6.94. The van der Waals surface area contributed by atoms with Crippen molar-refractivity contribution >= 4 is 11.6 Å². The first kappa shape index (κ1) is 23.1. The molecule has 0 aliphatic heterocycles. The summed E-state index contributed by atoms with van der Waals surface area (Å²) in [6, 6.07) is 6.55. The molecule has 0 aliphatic carbocycles. The molecule has 0 saturated heterocycles. The Morgan fingerprint density at radius 1 is 1.00 bits per heavy atom. The summed E-state index contributed by atoms with van der Waals surface area (Å²) in [4.78, 5) is 16.5. The normalized spacial score (nSPS) is 12.2. The summed E-state index contributed by atoms with van der Waals surface area (Å²) in [5, 5.41) is 6.62. The first-order valence-electron chi connectivity index (χ1n) is 9.14. The Labute approximate surface area is 177 Å². The van der Waals surface area contributed by atoms with Gasteiger partial charge in [-0.2, -0.15) is 18.3 Å². The van der Waals surface area contributed by atoms with Crippen LogP contribution in [0.3, 0.4) is 0 Å². The number of anilines is 1. The number of pyridine rings is 1. The lowest BCUT2D eigenvalue weighted by Crippen LogP contribution is -2.17. The third kappa shape index (κ3) is 5.37. The van der Waals surface area contributed by atoms with Crippen molar-refractivity contribution in [1.29, 1.82) is 0 Å². The first-order chi connectivity index (χ1) is 14.8. The number of rotatable bonds is 5. The highest BCUT2D eigenvalue weighted by molar-refractivity contribution is 6.05. The number of halogens is 6. The van der Waals surface area contributed by atoms with Crippen LogP contribution < -0.4 is 10.1 Å². The largest absolute Gasteiger partial charge is 0.573 e. The number of nitrogens with one attached hydrogen (secondary N) is 1. The van der Waals surface area contributed by atoms with Gasteiger partial charge in [-0.1, -0.05) is 13.8 Å². The molecule has 3 aromatic rings. The maximum atomic E-state index is 12.8. The van der Waals surface area contributed by atoms with Crippen LogP contribution in [0.1, 0.15) is 41.4 Å². The van der Waals surface area contributed by atoms with Crippen LogP contribution in [-0.2, 0) is 6.18 Å². The topological polar surface area (TPSA) is 69.0 Å². The fourth-order valence-electron chi connectivity index (χ4n) is 2.89. The van der Waals surface area contributed by atoms with Gasteiger partial charge in [0.2, 0.25) is 0 Å². The molecule has 2 heterocycles. The number of hydrogen-bond donors (Lipinski definition) is 1. The minimum absolute atomic E-state index is 0.0920. The van der Waals surface area contributed by atoms with E-state index < -0.39 is 29.8 Å². The minimum Gasteiger partial charge on any atom is -0.406 e. The van der Waals surface area contributed by atoms with E-state index in [1.165, 1.54) is 23.0 Å². The van der Waals surface area contributed by atoms with Gasteiger partial charge in [-0.25, -0.2) is 9.67 Å². The van der Waals surface area contributed by atoms with Crippen molar-refractivity contribution < 1.29 is 35.9 Å². The summed E-state index contributed by atoms with van der Waals surface area (Å²) in [7, 11) is 0. The van der Waals surface area contributed by atoms with Crippen LogP contribution in [-0.4, -0.2) is 27.0 Å². The van der Waals surface area contributed by atoms with Crippen molar-refractivity contribution in [1.82, 2.24) is 14.8 Å². The maximum absolute atomic E-state index is 12.8. The van der Waals surface area contributed by atoms with Gasteiger partial charge in [0, 0.05) is 11.9 Å². The van der Waals surface area contributed by atoms with E-state index in [-0.39, 0.29) is 23.0 Å². The van der Waals surface area contributed by atoms with Crippen LogP contribution >= 0.6 is 0 Å². The predicted octanol–water partition coefficient (Wildman–Crippen LogP) is 5.56. The Hall–Kier alpha value is -3.57. The van der Waals surface area contributed by atoms with E-state index >= 15 is 0 Å². The van der Waals surface area contributed by atoms with E-state index in [0.29, 0.717) is 11.9 Å². The van der Waals surface area contributed by atoms with E-state index in [2.05, 4.69) is 20.1 Å². The van der Waals surface area contributed by atoms with Crippen molar-refractivity contribution in [3.8, 4) is 11.6 Å². The van der Waals surface area contributed by atoms with Crippen molar-refractivity contribution in [2.45, 2.75) is 32.3 Å². The number of aromatic nitrogens is 3. The molecule has 1 N–H and O–H groups in total. The fraction of sp³-hybridized carbons (Fsp3) is 0.250. The third-order valence-corrected chi connectivity index (χ3v) is 4.24. The number of ether oxygens (including phenoxy) is 1. The number of benzene rings is 1. The van der Waals surface area contributed by atoms with E-state index in [0.717, 1.165) is 24.3 Å². The van der Waals surface area contributed by atoms with Gasteiger partial charge in [0.05, 0.1) is 23.0 Å². The molecule has 32 heavy (non-hydrogen) atoms. The highest BCUT2D eigenvalue weighted by Gasteiger charge is 2.32. The standard InChI is InChI=1S/C20H16F6N4O2/c1-11(2)17-15(10-28-30(17)16-8-3-12(9-27-16)19(21,22)23)18(31)29-13-4-6-14(7-5-13)32-20(24,25)26/h3-11H,1-2H3,(H,29,31). The molecule has 0 bridgehead atoms. The average molecular weight is 458 g/mol. The van der Waals surface area contributed by atoms with E-state index in [1.807, 2.05) is 0 Å². The molecule has 0 fully saturated rings. The quantitative estimate of drug-likeness (QED) is 0.509. The number of alkyl halides is 6. The van der Waals surface area contributed by atoms with Gasteiger partial charge in [-0.15, -0.1) is 13.2 Å². The number of hydrogen-bond acceptors (Lipinski definition) is 4. The lowest BCUT2D eigenvalue weighted by atomic mass is 10.1. The van der Waals surface area contributed by atoms with Gasteiger partial charge in [0.25, 0.3) is 5.91 Å². The SMILES string of the molecule is CC(C)c1c(C(=O)Nc2ccc(OC(F)(F)F)cc2)cnn1-c1ccc(C(F)(F)F)cn1. The Balaban J connectivity index is 1.84. The zero-order valence-electron chi connectivity index (χ0n) is 16.6. The number of carbonyl (C=O) groups is 1. The van der Waals surface area contributed by atoms with Gasteiger partial charge in [0.1, 0.15) is 5.75 Å². The molecule has 12 heteroatoms. The summed E-state index contributed by atoms with van der Waals surface area (Å²) in [6.45, 7) is 3.52. The van der Waals surface area contributed by atoms with Gasteiger partial charge in [-0.3, -0.25) is 4.79 Å². The lowest BCUT2D eigenvalue weighted by molar-refractivity contribution is -0.274. The molecule has 170 valence electrons. The predicted molar refractivity (Wildman–Crippen MR) is 102 cm³/mol. The van der Waals surface area contributed by atoms with Crippen LogP contribution in [0.15, 0.2) is 48.8 Å². The van der Waals surface area contributed by atoms with Crippen LogP contribution in [0.2, 0.25) is 0 Å². The Morgan fingerprint density at radius 2 is 1.66 bits per heavy atom. The van der Waals surface area contributed by atoms with Crippen molar-refractivity contribution in [3.05, 3.63) is 65.6 Å². The first-order valence-corrected chi connectivity index (χ1v) is 9.14. The number of nitrogens with zero attached hydrogens (tertiary/aromatic N) is 3. The monoisotopic (exact) mass is 458 g/mol. The highest BCUT2D eigenvalue weighted by atomic mass is 19.4.